The number of H-pyrrole nitrogens is 1. The smallest absolute Gasteiger partial charge is 0.251 e. The summed E-state index contributed by atoms with van der Waals surface area (Å²) in [6.07, 6.45) is 7.79. The van der Waals surface area contributed by atoms with Gasteiger partial charge in [-0.05, 0) is 74.2 Å². The summed E-state index contributed by atoms with van der Waals surface area (Å²) in [5.41, 5.74) is 4.33. The lowest BCUT2D eigenvalue weighted by molar-refractivity contribution is -0.134. The van der Waals surface area contributed by atoms with E-state index in [2.05, 4.69) is 42.0 Å². The number of piperidine rings is 2. The number of nitrogens with one attached hydrogen (secondary N) is 4. The minimum atomic E-state index is -3.38. The van der Waals surface area contributed by atoms with Crippen molar-refractivity contribution in [3.63, 3.8) is 0 Å². The first-order valence-corrected chi connectivity index (χ1v) is 20.3. The zero-order valence-corrected chi connectivity index (χ0v) is 31.6. The number of amides is 3. The molecule has 0 aliphatic carbocycles. The fourth-order valence-corrected chi connectivity index (χ4v) is 8.95. The molecule has 5 aromatic rings. The fraction of sp³-hybridized carbons (Fsp3) is 0.359. The molecule has 56 heavy (non-hydrogen) atoms. The molecular weight excluding hydrogens is 735 g/mol. The van der Waals surface area contributed by atoms with Gasteiger partial charge in [-0.15, -0.1) is 0 Å². The number of carbonyl (C=O) groups is 3. The van der Waals surface area contributed by atoms with E-state index < -0.39 is 15.6 Å². The number of hydrogen-bond acceptors (Lipinski definition) is 11. The standard InChI is InChI=1S/C39H41N11O5S/c1-2-56(54,55)49-23-39(24-49,16-17-40)50-22-27(21-42-50)34-32-13-18-41-35(32)47-38(46-34)44-28-7-3-26(4-8-28)36(52)43-29-14-19-48(20-15-29)30-9-5-25(6-10-30)31-11-12-33(51)45-37(31)53/h3-10,13,18,21-22,29,31H,2,11-12,14-16,19-20,23-24H2,1H3,(H,43,52)(H,45,51,53)(H2,41,44,46,47). The van der Waals surface area contributed by atoms with Crippen LogP contribution in [0.3, 0.4) is 0 Å². The van der Waals surface area contributed by atoms with Crippen LogP contribution in [0.15, 0.2) is 73.2 Å². The van der Waals surface area contributed by atoms with Gasteiger partial charge < -0.3 is 20.5 Å². The van der Waals surface area contributed by atoms with Crippen LogP contribution in [0, 0.1) is 11.3 Å². The van der Waals surface area contributed by atoms with Gasteiger partial charge in [-0.1, -0.05) is 12.1 Å². The summed E-state index contributed by atoms with van der Waals surface area (Å²) < 4.78 is 27.9. The lowest BCUT2D eigenvalue weighted by atomic mass is 9.89. The number of nitriles is 1. The van der Waals surface area contributed by atoms with E-state index in [0.29, 0.717) is 46.9 Å². The largest absolute Gasteiger partial charge is 0.371 e. The van der Waals surface area contributed by atoms with Gasteiger partial charge >= 0.3 is 0 Å². The number of aromatic amines is 1. The molecule has 1 atom stereocenters. The van der Waals surface area contributed by atoms with E-state index in [-0.39, 0.29) is 54.9 Å². The first kappa shape index (κ1) is 36.8. The van der Waals surface area contributed by atoms with E-state index in [1.54, 1.807) is 54.5 Å². The Hall–Kier alpha value is -6.12. The van der Waals surface area contributed by atoms with E-state index in [1.165, 1.54) is 4.31 Å². The number of hydrogen-bond donors (Lipinski definition) is 4. The van der Waals surface area contributed by atoms with E-state index in [0.717, 1.165) is 42.6 Å². The minimum Gasteiger partial charge on any atom is -0.371 e. The Morgan fingerprint density at radius 2 is 1.77 bits per heavy atom. The minimum absolute atomic E-state index is 0.00609. The van der Waals surface area contributed by atoms with Crippen LogP contribution in [0.2, 0.25) is 0 Å². The third-order valence-electron chi connectivity index (χ3n) is 11.0. The molecule has 1 unspecified atom stereocenters. The number of nitrogens with zero attached hydrogens (tertiary/aromatic N) is 7. The van der Waals surface area contributed by atoms with Crippen LogP contribution in [-0.2, 0) is 25.2 Å². The van der Waals surface area contributed by atoms with Gasteiger partial charge in [0.2, 0.25) is 27.8 Å². The molecule has 4 N–H and O–H groups in total. The average molecular weight is 776 g/mol. The van der Waals surface area contributed by atoms with Crippen LogP contribution in [0.1, 0.15) is 60.9 Å². The van der Waals surface area contributed by atoms with Gasteiger partial charge in [0.25, 0.3) is 5.91 Å². The van der Waals surface area contributed by atoms with E-state index in [1.807, 2.05) is 30.3 Å². The van der Waals surface area contributed by atoms with Crippen LogP contribution >= 0.6 is 0 Å². The molecule has 288 valence electrons. The summed E-state index contributed by atoms with van der Waals surface area (Å²) >= 11 is 0. The Balaban J connectivity index is 0.883. The number of anilines is 3. The Morgan fingerprint density at radius 1 is 1.02 bits per heavy atom. The second-order valence-corrected chi connectivity index (χ2v) is 16.8. The predicted octanol–water partition coefficient (Wildman–Crippen LogP) is 3.76. The van der Waals surface area contributed by atoms with Gasteiger partial charge in [-0.3, -0.25) is 24.4 Å². The lowest BCUT2D eigenvalue weighted by Gasteiger charge is -2.47. The maximum Gasteiger partial charge on any atom is 0.251 e. The Bertz CT molecular complexity index is 2440. The van der Waals surface area contributed by atoms with Gasteiger partial charge in [0.15, 0.2) is 0 Å². The molecule has 3 aliphatic rings. The van der Waals surface area contributed by atoms with Crippen LogP contribution in [0.5, 0.6) is 0 Å². The Morgan fingerprint density at radius 3 is 2.46 bits per heavy atom. The van der Waals surface area contributed by atoms with Crippen molar-refractivity contribution < 1.29 is 22.8 Å². The quantitative estimate of drug-likeness (QED) is 0.142. The number of benzene rings is 2. The average Bonchev–Trinajstić information content (AvgIpc) is 3.87. The first-order valence-electron chi connectivity index (χ1n) is 18.7. The Kier molecular flexibility index (Phi) is 9.77. The molecule has 3 amide bonds. The third kappa shape index (κ3) is 7.20. The molecule has 0 saturated carbocycles. The number of aromatic nitrogens is 5. The third-order valence-corrected chi connectivity index (χ3v) is 12.8. The zero-order valence-electron chi connectivity index (χ0n) is 30.7. The number of imide groups is 1. The van der Waals surface area contributed by atoms with E-state index >= 15 is 0 Å². The zero-order chi connectivity index (χ0) is 39.0. The lowest BCUT2D eigenvalue weighted by Crippen LogP contribution is -2.64. The molecule has 3 aliphatic heterocycles. The van der Waals surface area contributed by atoms with Crippen molar-refractivity contribution in [1.82, 2.24) is 39.7 Å². The topological polar surface area (TPSA) is 211 Å². The molecule has 0 radical (unpaired) electrons. The fourth-order valence-electron chi connectivity index (χ4n) is 7.71. The molecule has 0 spiro atoms. The predicted molar refractivity (Wildman–Crippen MR) is 208 cm³/mol. The molecule has 6 heterocycles. The SMILES string of the molecule is CCS(=O)(=O)N1CC(CC#N)(n2cc(-c3nc(Nc4ccc(C(=O)NC5CCN(c6ccc(C7CCC(=O)NC7=O)cc6)CC5)cc4)nc4[nH]ccc34)cn2)C1. The summed E-state index contributed by atoms with van der Waals surface area (Å²) in [7, 11) is -3.38. The first-order chi connectivity index (χ1) is 27.0. The molecule has 3 aromatic heterocycles. The molecule has 0 bridgehead atoms. The van der Waals surface area contributed by atoms with Crippen molar-refractivity contribution in [3.8, 4) is 17.3 Å². The normalized spacial score (nSPS) is 18.9. The van der Waals surface area contributed by atoms with Crippen molar-refractivity contribution in [3.05, 3.63) is 84.3 Å². The molecule has 16 nitrogen and oxygen atoms in total. The number of rotatable bonds is 11. The monoisotopic (exact) mass is 775 g/mol. The highest BCUT2D eigenvalue weighted by atomic mass is 32.2. The van der Waals surface area contributed by atoms with Gasteiger partial charge in [0.05, 0.1) is 36.1 Å². The highest BCUT2D eigenvalue weighted by Gasteiger charge is 2.49. The van der Waals surface area contributed by atoms with Crippen molar-refractivity contribution in [2.24, 2.45) is 0 Å². The summed E-state index contributed by atoms with van der Waals surface area (Å²) in [4.78, 5) is 51.9. The van der Waals surface area contributed by atoms with Gasteiger partial charge in [0, 0.05) is 78.9 Å². The van der Waals surface area contributed by atoms with Crippen molar-refractivity contribution in [2.75, 3.05) is 42.1 Å². The second kappa shape index (κ2) is 14.8. The maximum absolute atomic E-state index is 13.2. The summed E-state index contributed by atoms with van der Waals surface area (Å²) in [6.45, 7) is 3.51. The van der Waals surface area contributed by atoms with E-state index in [9.17, 15) is 28.1 Å². The van der Waals surface area contributed by atoms with Crippen molar-refractivity contribution in [1.29, 1.82) is 5.26 Å². The van der Waals surface area contributed by atoms with Gasteiger partial charge in [-0.2, -0.15) is 19.6 Å². The number of sulfonamides is 1. The number of fused-ring (bicyclic) bond motifs is 1. The van der Waals surface area contributed by atoms with Crippen molar-refractivity contribution in [2.45, 2.75) is 56.5 Å². The Labute approximate surface area is 323 Å². The van der Waals surface area contributed by atoms with Gasteiger partial charge in [-0.25, -0.2) is 13.4 Å². The molecule has 2 aromatic carbocycles. The highest BCUT2D eigenvalue weighted by molar-refractivity contribution is 7.89. The molecule has 8 rings (SSSR count). The maximum atomic E-state index is 13.2. The second-order valence-electron chi connectivity index (χ2n) is 14.6. The molecule has 3 saturated heterocycles. The van der Waals surface area contributed by atoms with Crippen LogP contribution < -0.4 is 20.9 Å². The number of carbonyl (C=O) groups excluding carboxylic acids is 3. The van der Waals surface area contributed by atoms with Crippen LogP contribution in [-0.4, -0.2) is 93.2 Å². The van der Waals surface area contributed by atoms with Gasteiger partial charge in [0.1, 0.15) is 11.2 Å². The summed E-state index contributed by atoms with van der Waals surface area (Å²) in [5, 5.41) is 23.7. The molecule has 3 fully saturated rings. The highest BCUT2D eigenvalue weighted by Crippen LogP contribution is 2.36. The molecular formula is C39H41N11O5S. The summed E-state index contributed by atoms with van der Waals surface area (Å²) in [6, 6.07) is 19.2. The van der Waals surface area contributed by atoms with E-state index in [4.69, 9.17) is 4.98 Å². The van der Waals surface area contributed by atoms with Crippen LogP contribution in [0.4, 0.5) is 17.3 Å². The van der Waals surface area contributed by atoms with Crippen molar-refractivity contribution >= 4 is 56.1 Å². The van der Waals surface area contributed by atoms with Crippen LogP contribution in [0.25, 0.3) is 22.3 Å². The summed E-state index contributed by atoms with van der Waals surface area (Å²) in [5.74, 6) is -0.597. The molecule has 17 heteroatoms.